The molecule has 0 fully saturated rings. The van der Waals surface area contributed by atoms with E-state index in [1.807, 2.05) is 6.92 Å². The Morgan fingerprint density at radius 2 is 2.41 bits per heavy atom. The maximum atomic E-state index is 13.5. The van der Waals surface area contributed by atoms with Crippen LogP contribution in [0.3, 0.4) is 0 Å². The van der Waals surface area contributed by atoms with Crippen LogP contribution in [-0.4, -0.2) is 28.8 Å². The summed E-state index contributed by atoms with van der Waals surface area (Å²) in [6, 6.07) is 4.65. The molecule has 22 heavy (non-hydrogen) atoms. The molecule has 1 amide bonds. The summed E-state index contributed by atoms with van der Waals surface area (Å²) in [6.07, 6.45) is 4.29. The number of hydrogen-bond acceptors (Lipinski definition) is 3. The Hall–Kier alpha value is -2.37. The Kier molecular flexibility index (Phi) is 4.09. The first-order valence-electron chi connectivity index (χ1n) is 7.31. The highest BCUT2D eigenvalue weighted by Gasteiger charge is 2.21. The van der Waals surface area contributed by atoms with E-state index in [0.717, 1.165) is 36.1 Å². The number of aromatic amines is 1. The van der Waals surface area contributed by atoms with Gasteiger partial charge in [0.05, 0.1) is 6.20 Å². The smallest absolute Gasteiger partial charge is 0.258 e. The number of fused-ring (bicyclic) bond motifs is 1. The first-order valence-corrected chi connectivity index (χ1v) is 7.31. The Morgan fingerprint density at radius 3 is 3.27 bits per heavy atom. The lowest BCUT2D eigenvalue weighted by Gasteiger charge is -2.22. The number of rotatable bonds is 4. The van der Waals surface area contributed by atoms with Crippen molar-refractivity contribution in [1.29, 1.82) is 0 Å². The number of benzene rings is 1. The zero-order valence-corrected chi connectivity index (χ0v) is 12.4. The summed E-state index contributed by atoms with van der Waals surface area (Å²) in [5.74, 6) is -0.590. The third-order valence-electron chi connectivity index (χ3n) is 3.83. The second kappa shape index (κ2) is 6.17. The number of halogens is 1. The van der Waals surface area contributed by atoms with Crippen molar-refractivity contribution in [1.82, 2.24) is 15.5 Å². The SMILES string of the molecule is Cc1ccc(F)c(OCC(=O)NC2CCc3[nH]ncc3C2)c1. The van der Waals surface area contributed by atoms with Gasteiger partial charge in [-0.2, -0.15) is 5.10 Å². The standard InChI is InChI=1S/C16H18FN3O2/c1-10-2-4-13(17)15(6-10)22-9-16(21)19-12-3-5-14-11(7-12)8-18-20-14/h2,4,6,8,12H,3,5,7,9H2,1H3,(H,18,20)(H,19,21). The molecule has 116 valence electrons. The molecule has 0 spiro atoms. The van der Waals surface area contributed by atoms with Crippen LogP contribution < -0.4 is 10.1 Å². The predicted molar refractivity (Wildman–Crippen MR) is 79.2 cm³/mol. The zero-order valence-electron chi connectivity index (χ0n) is 12.4. The number of aryl methyl sites for hydroxylation is 2. The number of aromatic nitrogens is 2. The summed E-state index contributed by atoms with van der Waals surface area (Å²) in [7, 11) is 0. The van der Waals surface area contributed by atoms with E-state index in [2.05, 4.69) is 15.5 Å². The summed E-state index contributed by atoms with van der Waals surface area (Å²) >= 11 is 0. The minimum Gasteiger partial charge on any atom is -0.481 e. The molecular weight excluding hydrogens is 285 g/mol. The molecule has 1 heterocycles. The van der Waals surface area contributed by atoms with Crippen LogP contribution in [0.2, 0.25) is 0 Å². The lowest BCUT2D eigenvalue weighted by atomic mass is 9.93. The van der Waals surface area contributed by atoms with Crippen molar-refractivity contribution in [2.45, 2.75) is 32.2 Å². The third-order valence-corrected chi connectivity index (χ3v) is 3.83. The molecule has 0 saturated carbocycles. The van der Waals surface area contributed by atoms with Gasteiger partial charge in [-0.25, -0.2) is 4.39 Å². The minimum atomic E-state index is -0.459. The van der Waals surface area contributed by atoms with Crippen LogP contribution in [0.15, 0.2) is 24.4 Å². The van der Waals surface area contributed by atoms with Gasteiger partial charge in [-0.1, -0.05) is 6.07 Å². The highest BCUT2D eigenvalue weighted by Crippen LogP contribution is 2.20. The van der Waals surface area contributed by atoms with E-state index in [4.69, 9.17) is 4.74 Å². The second-order valence-corrected chi connectivity index (χ2v) is 5.60. The molecule has 1 aliphatic rings. The topological polar surface area (TPSA) is 67.0 Å². The van der Waals surface area contributed by atoms with Gasteiger partial charge in [0.25, 0.3) is 5.91 Å². The molecular formula is C16H18FN3O2. The second-order valence-electron chi connectivity index (χ2n) is 5.60. The van der Waals surface area contributed by atoms with Gasteiger partial charge in [0.1, 0.15) is 0 Å². The molecule has 0 saturated heterocycles. The van der Waals surface area contributed by atoms with Gasteiger partial charge in [-0.15, -0.1) is 0 Å². The quantitative estimate of drug-likeness (QED) is 0.906. The molecule has 1 aromatic heterocycles. The van der Waals surface area contributed by atoms with Crippen LogP contribution in [0, 0.1) is 12.7 Å². The van der Waals surface area contributed by atoms with E-state index in [-0.39, 0.29) is 24.3 Å². The molecule has 6 heteroatoms. The first-order chi connectivity index (χ1) is 10.6. The van der Waals surface area contributed by atoms with Crippen molar-refractivity contribution in [2.75, 3.05) is 6.61 Å². The number of hydrogen-bond donors (Lipinski definition) is 2. The molecule has 3 rings (SSSR count). The third kappa shape index (κ3) is 3.27. The van der Waals surface area contributed by atoms with Crippen LogP contribution in [0.1, 0.15) is 23.2 Å². The lowest BCUT2D eigenvalue weighted by molar-refractivity contribution is -0.123. The number of amides is 1. The van der Waals surface area contributed by atoms with E-state index in [1.165, 1.54) is 6.07 Å². The van der Waals surface area contributed by atoms with Crippen molar-refractivity contribution < 1.29 is 13.9 Å². The number of ether oxygens (including phenoxy) is 1. The van der Waals surface area contributed by atoms with Crippen molar-refractivity contribution in [3.8, 4) is 5.75 Å². The zero-order chi connectivity index (χ0) is 15.5. The van der Waals surface area contributed by atoms with Crippen LogP contribution in [0.4, 0.5) is 4.39 Å². The average molecular weight is 303 g/mol. The van der Waals surface area contributed by atoms with E-state index < -0.39 is 5.82 Å². The first kappa shape index (κ1) is 14.6. The lowest BCUT2D eigenvalue weighted by Crippen LogP contribution is -2.41. The molecule has 1 unspecified atom stereocenters. The summed E-state index contributed by atoms with van der Waals surface area (Å²) in [6.45, 7) is 1.66. The number of H-pyrrole nitrogens is 1. The summed E-state index contributed by atoms with van der Waals surface area (Å²) in [4.78, 5) is 11.9. The average Bonchev–Trinajstić information content (AvgIpc) is 2.96. The van der Waals surface area contributed by atoms with Crippen molar-refractivity contribution in [2.24, 2.45) is 0 Å². The van der Waals surface area contributed by atoms with Crippen molar-refractivity contribution in [3.63, 3.8) is 0 Å². The Labute approximate surface area is 127 Å². The minimum absolute atomic E-state index is 0.0727. The van der Waals surface area contributed by atoms with Crippen molar-refractivity contribution in [3.05, 3.63) is 47.0 Å². The van der Waals surface area contributed by atoms with Gasteiger partial charge in [-0.3, -0.25) is 9.89 Å². The van der Waals surface area contributed by atoms with Crippen LogP contribution in [0.25, 0.3) is 0 Å². The molecule has 1 atom stereocenters. The van der Waals surface area contributed by atoms with Crippen molar-refractivity contribution >= 4 is 5.91 Å². The van der Waals surface area contributed by atoms with Gasteiger partial charge >= 0.3 is 0 Å². The van der Waals surface area contributed by atoms with Crippen LogP contribution in [-0.2, 0) is 17.6 Å². The fourth-order valence-corrected chi connectivity index (χ4v) is 2.67. The molecule has 1 aliphatic carbocycles. The van der Waals surface area contributed by atoms with Gasteiger partial charge in [0, 0.05) is 11.7 Å². The highest BCUT2D eigenvalue weighted by atomic mass is 19.1. The van der Waals surface area contributed by atoms with Gasteiger partial charge < -0.3 is 10.1 Å². The van der Waals surface area contributed by atoms with Crippen LogP contribution >= 0.6 is 0 Å². The number of nitrogens with zero attached hydrogens (tertiary/aromatic N) is 1. The normalized spacial score (nSPS) is 16.9. The monoisotopic (exact) mass is 303 g/mol. The predicted octanol–water partition coefficient (Wildman–Crippen LogP) is 1.91. The Morgan fingerprint density at radius 1 is 1.55 bits per heavy atom. The molecule has 0 aliphatic heterocycles. The summed E-state index contributed by atoms with van der Waals surface area (Å²) in [5, 5.41) is 9.89. The fourth-order valence-electron chi connectivity index (χ4n) is 2.67. The molecule has 2 aromatic rings. The Bertz CT molecular complexity index is 684. The van der Waals surface area contributed by atoms with Gasteiger partial charge in [0.15, 0.2) is 18.2 Å². The molecule has 1 aromatic carbocycles. The largest absolute Gasteiger partial charge is 0.481 e. The molecule has 5 nitrogen and oxygen atoms in total. The molecule has 2 N–H and O–H groups in total. The summed E-state index contributed by atoms with van der Waals surface area (Å²) < 4.78 is 18.8. The Balaban J connectivity index is 1.52. The maximum Gasteiger partial charge on any atom is 0.258 e. The van der Waals surface area contributed by atoms with Gasteiger partial charge in [-0.05, 0) is 49.4 Å². The van der Waals surface area contributed by atoms with E-state index in [1.54, 1.807) is 18.3 Å². The van der Waals surface area contributed by atoms with E-state index in [9.17, 15) is 9.18 Å². The number of nitrogens with one attached hydrogen (secondary N) is 2. The van der Waals surface area contributed by atoms with Crippen LogP contribution in [0.5, 0.6) is 5.75 Å². The number of carbonyl (C=O) groups excluding carboxylic acids is 1. The molecule has 0 radical (unpaired) electrons. The summed E-state index contributed by atoms with van der Waals surface area (Å²) in [5.41, 5.74) is 3.17. The van der Waals surface area contributed by atoms with E-state index >= 15 is 0 Å². The fraction of sp³-hybridized carbons (Fsp3) is 0.375. The van der Waals surface area contributed by atoms with E-state index in [0.29, 0.717) is 0 Å². The molecule has 0 bridgehead atoms. The maximum absolute atomic E-state index is 13.5. The highest BCUT2D eigenvalue weighted by molar-refractivity contribution is 5.77. The van der Waals surface area contributed by atoms with Gasteiger partial charge in [0.2, 0.25) is 0 Å². The number of carbonyl (C=O) groups is 1.